The van der Waals surface area contributed by atoms with Crippen molar-refractivity contribution in [3.8, 4) is 0 Å². The fourth-order valence-corrected chi connectivity index (χ4v) is 5.34. The molecule has 2 atom stereocenters. The van der Waals surface area contributed by atoms with Crippen molar-refractivity contribution in [2.75, 3.05) is 17.8 Å². The van der Waals surface area contributed by atoms with Gasteiger partial charge in [-0.3, -0.25) is 10.1 Å². The van der Waals surface area contributed by atoms with Gasteiger partial charge in [0.05, 0.1) is 5.75 Å². The van der Waals surface area contributed by atoms with Crippen LogP contribution < -0.4 is 5.32 Å². The fourth-order valence-electron chi connectivity index (χ4n) is 2.67. The Bertz CT molecular complexity index is 436. The molecule has 20 heavy (non-hydrogen) atoms. The molecule has 0 aromatic carbocycles. The third kappa shape index (κ3) is 5.61. The Kier molecular flexibility index (Phi) is 6.34. The Morgan fingerprint density at radius 3 is 2.65 bits per heavy atom. The molecule has 2 unspecified atom stereocenters. The molecule has 0 bridgehead atoms. The molecule has 0 heterocycles. The summed E-state index contributed by atoms with van der Waals surface area (Å²) in [5, 5.41) is 13.0. The molecule has 0 aromatic heterocycles. The molecule has 0 aliphatic heterocycles. The van der Waals surface area contributed by atoms with Gasteiger partial charge in [-0.05, 0) is 39.5 Å². The minimum atomic E-state index is -2.94. The first-order chi connectivity index (χ1) is 9.15. The van der Waals surface area contributed by atoms with E-state index in [1.165, 1.54) is 6.26 Å². The highest BCUT2D eigenvalue weighted by Gasteiger charge is 2.43. The summed E-state index contributed by atoms with van der Waals surface area (Å²) >= 11 is 1.59. The molecule has 0 aromatic rings. The molecule has 118 valence electrons. The number of hydrogen-bond acceptors (Lipinski definition) is 5. The van der Waals surface area contributed by atoms with Crippen molar-refractivity contribution < 1.29 is 18.3 Å². The van der Waals surface area contributed by atoms with E-state index < -0.39 is 21.3 Å². The average Bonchev–Trinajstić information content (AvgIpc) is 2.26. The van der Waals surface area contributed by atoms with Gasteiger partial charge in [-0.15, -0.1) is 0 Å². The average molecular weight is 323 g/mol. The molecular formula is C13H25NO4S2. The monoisotopic (exact) mass is 323 g/mol. The summed E-state index contributed by atoms with van der Waals surface area (Å²) in [5.41, 5.74) is -0.852. The number of nitrogens with one attached hydrogen (secondary N) is 1. The Labute approximate surface area is 125 Å². The van der Waals surface area contributed by atoms with Gasteiger partial charge < -0.3 is 5.11 Å². The first-order valence-electron chi connectivity index (χ1n) is 6.95. The maximum Gasteiger partial charge on any atom is 0.323 e. The first-order valence-corrected chi connectivity index (χ1v) is 10.1. The lowest BCUT2D eigenvalue weighted by Gasteiger charge is -2.39. The summed E-state index contributed by atoms with van der Waals surface area (Å²) in [6, 6.07) is 0.117. The van der Waals surface area contributed by atoms with Crippen LogP contribution in [0, 0.1) is 0 Å². The van der Waals surface area contributed by atoms with Crippen molar-refractivity contribution >= 4 is 27.6 Å². The van der Waals surface area contributed by atoms with Gasteiger partial charge in [0.25, 0.3) is 0 Å². The van der Waals surface area contributed by atoms with Crippen molar-refractivity contribution in [2.24, 2.45) is 0 Å². The molecule has 1 aliphatic rings. The second kappa shape index (κ2) is 7.13. The van der Waals surface area contributed by atoms with E-state index in [4.69, 9.17) is 0 Å². The SMILES string of the molecule is CC(C)NC1(C(=O)O)CCCC(SCCS(C)(=O)=O)C1. The standard InChI is InChI=1S/C13H25NO4S2/c1-10(2)14-13(12(15)16)6-4-5-11(9-13)19-7-8-20(3,17)18/h10-11,14H,4-9H2,1-3H3,(H,15,16). The molecular weight excluding hydrogens is 298 g/mol. The molecule has 2 N–H and O–H groups in total. The van der Waals surface area contributed by atoms with Crippen molar-refractivity contribution in [1.82, 2.24) is 5.32 Å². The summed E-state index contributed by atoms with van der Waals surface area (Å²) < 4.78 is 22.3. The molecule has 5 nitrogen and oxygen atoms in total. The fraction of sp³-hybridized carbons (Fsp3) is 0.923. The largest absolute Gasteiger partial charge is 0.480 e. The third-order valence-corrected chi connectivity index (χ3v) is 6.01. The number of sulfone groups is 1. The van der Waals surface area contributed by atoms with E-state index in [9.17, 15) is 18.3 Å². The van der Waals surface area contributed by atoms with Crippen molar-refractivity contribution in [2.45, 2.75) is 56.4 Å². The molecule has 1 rings (SSSR count). The third-order valence-electron chi connectivity index (χ3n) is 3.49. The number of carboxylic acid groups (broad SMARTS) is 1. The van der Waals surface area contributed by atoms with Gasteiger partial charge in [0.1, 0.15) is 15.4 Å². The predicted octanol–water partition coefficient (Wildman–Crippen LogP) is 1.53. The Morgan fingerprint density at radius 2 is 2.15 bits per heavy atom. The number of carboxylic acids is 1. The molecule has 0 radical (unpaired) electrons. The highest BCUT2D eigenvalue weighted by Crippen LogP contribution is 2.35. The lowest BCUT2D eigenvalue weighted by Crippen LogP contribution is -2.57. The minimum absolute atomic E-state index is 0.117. The van der Waals surface area contributed by atoms with Crippen LogP contribution in [0.3, 0.4) is 0 Å². The maximum absolute atomic E-state index is 11.6. The molecule has 1 fully saturated rings. The van der Waals surface area contributed by atoms with E-state index in [1.54, 1.807) is 11.8 Å². The molecule has 0 saturated heterocycles. The van der Waals surface area contributed by atoms with Gasteiger partial charge in [-0.1, -0.05) is 0 Å². The molecule has 1 saturated carbocycles. The summed E-state index contributed by atoms with van der Waals surface area (Å²) in [5.74, 6) is -0.0909. The number of hydrogen-bond donors (Lipinski definition) is 2. The van der Waals surface area contributed by atoms with E-state index in [0.29, 0.717) is 18.6 Å². The summed E-state index contributed by atoms with van der Waals surface area (Å²) in [4.78, 5) is 11.6. The zero-order valence-electron chi connectivity index (χ0n) is 12.4. The van der Waals surface area contributed by atoms with Gasteiger partial charge in [-0.25, -0.2) is 8.42 Å². The summed E-state index contributed by atoms with van der Waals surface area (Å²) in [6.07, 6.45) is 4.26. The highest BCUT2D eigenvalue weighted by atomic mass is 32.2. The van der Waals surface area contributed by atoms with Crippen LogP contribution in [0.25, 0.3) is 0 Å². The number of rotatable bonds is 7. The van der Waals surface area contributed by atoms with Crippen LogP contribution in [0.2, 0.25) is 0 Å². The summed E-state index contributed by atoms with van der Waals surface area (Å²) in [6.45, 7) is 3.90. The normalized spacial score (nSPS) is 27.7. The molecule has 0 spiro atoms. The van der Waals surface area contributed by atoms with Gasteiger partial charge in [0.15, 0.2) is 0 Å². The van der Waals surface area contributed by atoms with Crippen molar-refractivity contribution in [3.63, 3.8) is 0 Å². The second-order valence-corrected chi connectivity index (χ2v) is 9.57. The van der Waals surface area contributed by atoms with Crippen molar-refractivity contribution in [3.05, 3.63) is 0 Å². The number of carbonyl (C=O) groups is 1. The quantitative estimate of drug-likeness (QED) is 0.739. The molecule has 0 amide bonds. The topological polar surface area (TPSA) is 83.5 Å². The van der Waals surface area contributed by atoms with E-state index in [2.05, 4.69) is 5.32 Å². The van der Waals surface area contributed by atoms with Crippen LogP contribution in [0.15, 0.2) is 0 Å². The van der Waals surface area contributed by atoms with E-state index >= 15 is 0 Å². The zero-order chi connectivity index (χ0) is 15.4. The zero-order valence-corrected chi connectivity index (χ0v) is 14.0. The van der Waals surface area contributed by atoms with Crippen LogP contribution in [0.1, 0.15) is 39.5 Å². The van der Waals surface area contributed by atoms with Gasteiger partial charge in [0.2, 0.25) is 0 Å². The predicted molar refractivity (Wildman–Crippen MR) is 83.1 cm³/mol. The van der Waals surface area contributed by atoms with Crippen LogP contribution in [-0.2, 0) is 14.6 Å². The van der Waals surface area contributed by atoms with Crippen LogP contribution in [0.4, 0.5) is 0 Å². The Morgan fingerprint density at radius 1 is 1.50 bits per heavy atom. The Balaban J connectivity index is 2.61. The smallest absolute Gasteiger partial charge is 0.323 e. The van der Waals surface area contributed by atoms with Crippen LogP contribution in [0.5, 0.6) is 0 Å². The van der Waals surface area contributed by atoms with E-state index in [-0.39, 0.29) is 17.0 Å². The van der Waals surface area contributed by atoms with Gasteiger partial charge >= 0.3 is 5.97 Å². The summed E-state index contributed by atoms with van der Waals surface area (Å²) in [7, 11) is -2.94. The Hall–Kier alpha value is -0.270. The number of aliphatic carboxylic acids is 1. The van der Waals surface area contributed by atoms with Crippen LogP contribution >= 0.6 is 11.8 Å². The van der Waals surface area contributed by atoms with Crippen molar-refractivity contribution in [1.29, 1.82) is 0 Å². The maximum atomic E-state index is 11.6. The van der Waals surface area contributed by atoms with E-state index in [0.717, 1.165) is 12.8 Å². The second-order valence-electron chi connectivity index (χ2n) is 5.91. The van der Waals surface area contributed by atoms with Gasteiger partial charge in [-0.2, -0.15) is 11.8 Å². The highest BCUT2D eigenvalue weighted by molar-refractivity contribution is 8.01. The molecule has 1 aliphatic carbocycles. The lowest BCUT2D eigenvalue weighted by atomic mass is 9.81. The minimum Gasteiger partial charge on any atom is -0.480 e. The van der Waals surface area contributed by atoms with Crippen LogP contribution in [-0.4, -0.2) is 54.1 Å². The molecule has 7 heteroatoms. The van der Waals surface area contributed by atoms with E-state index in [1.807, 2.05) is 13.8 Å². The van der Waals surface area contributed by atoms with Gasteiger partial charge in [0, 0.05) is 23.3 Å². The number of thioether (sulfide) groups is 1. The lowest BCUT2D eigenvalue weighted by molar-refractivity contribution is -0.146. The first kappa shape index (κ1) is 17.8.